The number of ether oxygens (including phenoxy) is 1. The average molecular weight is 326 g/mol. The Hall–Kier alpha value is -2.40. The van der Waals surface area contributed by atoms with Crippen LogP contribution in [-0.4, -0.2) is 35.3 Å². The van der Waals surface area contributed by atoms with E-state index in [0.717, 1.165) is 36.9 Å². The molecular weight excluding hydrogens is 304 g/mol. The average Bonchev–Trinajstić information content (AvgIpc) is 2.64. The summed E-state index contributed by atoms with van der Waals surface area (Å²) in [5, 5.41) is 12.6. The normalized spacial score (nSPS) is 20.4. The number of methoxy groups -OCH3 is 1. The molecule has 0 bridgehead atoms. The first-order valence-electron chi connectivity index (χ1n) is 8.26. The Kier molecular flexibility index (Phi) is 5.11. The zero-order valence-electron chi connectivity index (χ0n) is 13.7. The molecular formula is C19H22N2O3. The Morgan fingerprint density at radius 3 is 2.67 bits per heavy atom. The zero-order valence-corrected chi connectivity index (χ0v) is 13.7. The van der Waals surface area contributed by atoms with Crippen LogP contribution in [-0.2, 0) is 0 Å². The second-order valence-corrected chi connectivity index (χ2v) is 6.12. The molecule has 5 heteroatoms. The van der Waals surface area contributed by atoms with E-state index in [0.29, 0.717) is 11.4 Å². The summed E-state index contributed by atoms with van der Waals surface area (Å²) in [4.78, 5) is 16.9. The molecule has 0 radical (unpaired) electrons. The van der Waals surface area contributed by atoms with Crippen molar-refractivity contribution in [2.75, 3.05) is 7.11 Å². The molecule has 2 aromatic rings. The highest BCUT2D eigenvalue weighted by molar-refractivity contribution is 5.95. The molecule has 3 rings (SSSR count). The van der Waals surface area contributed by atoms with E-state index in [1.54, 1.807) is 19.2 Å². The van der Waals surface area contributed by atoms with Gasteiger partial charge in [-0.25, -0.2) is 4.98 Å². The Labute approximate surface area is 141 Å². The number of hydrogen-bond acceptors (Lipinski definition) is 4. The van der Waals surface area contributed by atoms with Gasteiger partial charge in [0.05, 0.1) is 18.9 Å². The fourth-order valence-electron chi connectivity index (χ4n) is 3.00. The van der Waals surface area contributed by atoms with Crippen molar-refractivity contribution >= 4 is 5.91 Å². The second-order valence-electron chi connectivity index (χ2n) is 6.12. The SMILES string of the molecule is COc1cccc(-c2cccc(C(=O)NC3CCC(O)CC3)c2)n1. The number of aliphatic hydroxyl groups excluding tert-OH is 1. The maximum Gasteiger partial charge on any atom is 0.251 e. The molecule has 126 valence electrons. The first-order chi connectivity index (χ1) is 11.7. The summed E-state index contributed by atoms with van der Waals surface area (Å²) in [6.07, 6.45) is 2.92. The van der Waals surface area contributed by atoms with Gasteiger partial charge in [-0.2, -0.15) is 0 Å². The van der Waals surface area contributed by atoms with E-state index in [9.17, 15) is 9.90 Å². The van der Waals surface area contributed by atoms with Gasteiger partial charge < -0.3 is 15.2 Å². The van der Waals surface area contributed by atoms with Gasteiger partial charge in [0, 0.05) is 23.2 Å². The minimum atomic E-state index is -0.222. The summed E-state index contributed by atoms with van der Waals surface area (Å²) in [6.45, 7) is 0. The summed E-state index contributed by atoms with van der Waals surface area (Å²) in [5.74, 6) is 0.462. The lowest BCUT2D eigenvalue weighted by Crippen LogP contribution is -2.38. The quantitative estimate of drug-likeness (QED) is 0.906. The number of amides is 1. The highest BCUT2D eigenvalue weighted by Crippen LogP contribution is 2.22. The van der Waals surface area contributed by atoms with Crippen LogP contribution in [0.5, 0.6) is 5.88 Å². The molecule has 1 amide bonds. The lowest BCUT2D eigenvalue weighted by molar-refractivity contribution is 0.0867. The summed E-state index contributed by atoms with van der Waals surface area (Å²) < 4.78 is 5.15. The fourth-order valence-corrected chi connectivity index (χ4v) is 3.00. The highest BCUT2D eigenvalue weighted by Gasteiger charge is 2.21. The number of pyridine rings is 1. The Bertz CT molecular complexity index is 709. The first-order valence-corrected chi connectivity index (χ1v) is 8.26. The number of carbonyl (C=O) groups is 1. The molecule has 1 saturated carbocycles. The van der Waals surface area contributed by atoms with Crippen LogP contribution in [0.4, 0.5) is 0 Å². The van der Waals surface area contributed by atoms with Crippen LogP contribution in [0.1, 0.15) is 36.0 Å². The van der Waals surface area contributed by atoms with Crippen LogP contribution in [0.15, 0.2) is 42.5 Å². The van der Waals surface area contributed by atoms with E-state index < -0.39 is 0 Å². The molecule has 1 aliphatic carbocycles. The Balaban J connectivity index is 1.73. The van der Waals surface area contributed by atoms with Crippen LogP contribution in [0.3, 0.4) is 0 Å². The van der Waals surface area contributed by atoms with Crippen molar-refractivity contribution in [3.05, 3.63) is 48.0 Å². The lowest BCUT2D eigenvalue weighted by Gasteiger charge is -2.26. The molecule has 0 atom stereocenters. The van der Waals surface area contributed by atoms with E-state index in [1.165, 1.54) is 0 Å². The fraction of sp³-hybridized carbons (Fsp3) is 0.368. The van der Waals surface area contributed by atoms with Crippen molar-refractivity contribution in [1.29, 1.82) is 0 Å². The van der Waals surface area contributed by atoms with E-state index in [4.69, 9.17) is 4.74 Å². The van der Waals surface area contributed by atoms with Crippen LogP contribution in [0.25, 0.3) is 11.3 Å². The van der Waals surface area contributed by atoms with Gasteiger partial charge in [-0.3, -0.25) is 4.79 Å². The first kappa shape index (κ1) is 16.5. The molecule has 24 heavy (non-hydrogen) atoms. The zero-order chi connectivity index (χ0) is 16.9. The van der Waals surface area contributed by atoms with E-state index >= 15 is 0 Å². The molecule has 2 N–H and O–H groups in total. The lowest BCUT2D eigenvalue weighted by atomic mass is 9.93. The number of aliphatic hydroxyl groups is 1. The third-order valence-corrected chi connectivity index (χ3v) is 4.39. The molecule has 0 spiro atoms. The number of nitrogens with one attached hydrogen (secondary N) is 1. The largest absolute Gasteiger partial charge is 0.481 e. The van der Waals surface area contributed by atoms with Crippen LogP contribution in [0, 0.1) is 0 Å². The van der Waals surface area contributed by atoms with Crippen LogP contribution in [0.2, 0.25) is 0 Å². The van der Waals surface area contributed by atoms with Gasteiger partial charge >= 0.3 is 0 Å². The number of hydrogen-bond donors (Lipinski definition) is 2. The van der Waals surface area contributed by atoms with Crippen molar-refractivity contribution in [2.45, 2.75) is 37.8 Å². The van der Waals surface area contributed by atoms with Crippen LogP contribution >= 0.6 is 0 Å². The molecule has 0 aliphatic heterocycles. The number of nitrogens with zero attached hydrogens (tertiary/aromatic N) is 1. The van der Waals surface area contributed by atoms with Crippen molar-refractivity contribution in [3.63, 3.8) is 0 Å². The molecule has 1 aromatic heterocycles. The van der Waals surface area contributed by atoms with Crippen molar-refractivity contribution < 1.29 is 14.6 Å². The highest BCUT2D eigenvalue weighted by atomic mass is 16.5. The molecule has 1 aromatic carbocycles. The maximum absolute atomic E-state index is 12.5. The molecule has 1 aliphatic rings. The van der Waals surface area contributed by atoms with Crippen molar-refractivity contribution in [2.24, 2.45) is 0 Å². The molecule has 0 unspecified atom stereocenters. The second kappa shape index (κ2) is 7.45. The third-order valence-electron chi connectivity index (χ3n) is 4.39. The van der Waals surface area contributed by atoms with Gasteiger partial charge in [0.15, 0.2) is 0 Å². The summed E-state index contributed by atoms with van der Waals surface area (Å²) in [7, 11) is 1.58. The van der Waals surface area contributed by atoms with Crippen LogP contribution < -0.4 is 10.1 Å². The van der Waals surface area contributed by atoms with Gasteiger partial charge in [0.25, 0.3) is 5.91 Å². The number of carbonyl (C=O) groups excluding carboxylic acids is 1. The predicted molar refractivity (Wildman–Crippen MR) is 92.0 cm³/mol. The number of aromatic nitrogens is 1. The molecule has 1 fully saturated rings. The Morgan fingerprint density at radius 1 is 1.17 bits per heavy atom. The molecule has 1 heterocycles. The van der Waals surface area contributed by atoms with Gasteiger partial charge in [-0.05, 0) is 43.9 Å². The van der Waals surface area contributed by atoms with Gasteiger partial charge in [-0.15, -0.1) is 0 Å². The van der Waals surface area contributed by atoms with E-state index in [2.05, 4.69) is 10.3 Å². The monoisotopic (exact) mass is 326 g/mol. The Morgan fingerprint density at radius 2 is 1.92 bits per heavy atom. The molecule has 5 nitrogen and oxygen atoms in total. The van der Waals surface area contributed by atoms with E-state index in [1.807, 2.05) is 30.3 Å². The van der Waals surface area contributed by atoms with Gasteiger partial charge in [-0.1, -0.05) is 18.2 Å². The summed E-state index contributed by atoms with van der Waals surface area (Å²) in [5.41, 5.74) is 2.26. The minimum absolute atomic E-state index is 0.0823. The summed E-state index contributed by atoms with van der Waals surface area (Å²) >= 11 is 0. The number of rotatable bonds is 4. The maximum atomic E-state index is 12.5. The topological polar surface area (TPSA) is 71.5 Å². The van der Waals surface area contributed by atoms with Crippen molar-refractivity contribution in [1.82, 2.24) is 10.3 Å². The third kappa shape index (κ3) is 3.92. The summed E-state index contributed by atoms with van der Waals surface area (Å²) in [6, 6.07) is 13.1. The minimum Gasteiger partial charge on any atom is -0.481 e. The smallest absolute Gasteiger partial charge is 0.251 e. The molecule has 0 saturated heterocycles. The van der Waals surface area contributed by atoms with E-state index in [-0.39, 0.29) is 18.1 Å². The van der Waals surface area contributed by atoms with Crippen molar-refractivity contribution in [3.8, 4) is 17.1 Å². The van der Waals surface area contributed by atoms with Gasteiger partial charge in [0.1, 0.15) is 0 Å². The standard InChI is InChI=1S/C19H22N2O3/c1-24-18-7-3-6-17(21-18)13-4-2-5-14(12-13)19(23)20-15-8-10-16(22)11-9-15/h2-7,12,15-16,22H,8-11H2,1H3,(H,20,23). The predicted octanol–water partition coefficient (Wildman–Crippen LogP) is 2.79. The number of benzene rings is 1. The van der Waals surface area contributed by atoms with Gasteiger partial charge in [0.2, 0.25) is 5.88 Å².